The Morgan fingerprint density at radius 2 is 1.70 bits per heavy atom. The Labute approximate surface area is 134 Å². The third kappa shape index (κ3) is 2.34. The van der Waals surface area contributed by atoms with Crippen LogP contribution in [0.5, 0.6) is 0 Å². The summed E-state index contributed by atoms with van der Waals surface area (Å²) in [5, 5.41) is 0. The molecule has 6 nitrogen and oxygen atoms in total. The lowest BCUT2D eigenvalue weighted by Gasteiger charge is -2.32. The van der Waals surface area contributed by atoms with Gasteiger partial charge in [0.05, 0.1) is 0 Å². The largest absolute Gasteiger partial charge is 0.340 e. The molecule has 0 amide bonds. The second kappa shape index (κ2) is 5.45. The van der Waals surface area contributed by atoms with Crippen molar-refractivity contribution in [3.05, 3.63) is 29.1 Å². The molecule has 6 heteroatoms. The monoisotopic (exact) mass is 312 g/mol. The maximum Gasteiger partial charge on any atom is 0.251 e. The molecule has 0 bridgehead atoms. The van der Waals surface area contributed by atoms with E-state index in [1.165, 1.54) is 0 Å². The molecule has 1 fully saturated rings. The molecule has 0 aromatic carbocycles. The highest BCUT2D eigenvalue weighted by molar-refractivity contribution is 6.54. The highest BCUT2D eigenvalue weighted by atomic mass is 16.2. The van der Waals surface area contributed by atoms with Crippen LogP contribution in [-0.4, -0.2) is 59.7 Å². The molecule has 2 aliphatic carbocycles. The maximum absolute atomic E-state index is 12.4. The first-order chi connectivity index (χ1) is 11.1. The predicted molar refractivity (Wildman–Crippen MR) is 87.5 cm³/mol. The van der Waals surface area contributed by atoms with E-state index in [0.717, 1.165) is 51.0 Å². The van der Waals surface area contributed by atoms with E-state index in [-0.39, 0.29) is 0 Å². The minimum atomic E-state index is -0.460. The zero-order valence-electron chi connectivity index (χ0n) is 13.3. The van der Waals surface area contributed by atoms with Crippen molar-refractivity contribution in [3.63, 3.8) is 0 Å². The third-order valence-electron chi connectivity index (χ3n) is 4.82. The Balaban J connectivity index is 1.76. The van der Waals surface area contributed by atoms with E-state index in [0.29, 0.717) is 22.9 Å². The number of nitrogens with zero attached hydrogens (tertiary/aromatic N) is 3. The number of Topliss-reactive ketones (excluding diaryl/α,β-unsaturated/α-hetero) is 2. The molecule has 2 heterocycles. The summed E-state index contributed by atoms with van der Waals surface area (Å²) < 4.78 is 0. The Hall–Kier alpha value is -2.21. The number of imidazole rings is 1. The minimum absolute atomic E-state index is 0.356. The van der Waals surface area contributed by atoms with E-state index < -0.39 is 11.6 Å². The number of hydrogen-bond acceptors (Lipinski definition) is 5. The highest BCUT2D eigenvalue weighted by Gasteiger charge is 2.37. The average Bonchev–Trinajstić information content (AvgIpc) is 2.85. The molecule has 4 rings (SSSR count). The van der Waals surface area contributed by atoms with E-state index in [1.54, 1.807) is 0 Å². The number of rotatable bonds is 1. The van der Waals surface area contributed by atoms with Gasteiger partial charge in [-0.15, -0.1) is 0 Å². The summed E-state index contributed by atoms with van der Waals surface area (Å²) in [6.45, 7) is 3.66. The van der Waals surface area contributed by atoms with Gasteiger partial charge < -0.3 is 14.8 Å². The van der Waals surface area contributed by atoms with Gasteiger partial charge in [0.15, 0.2) is 0 Å². The van der Waals surface area contributed by atoms with Crippen molar-refractivity contribution in [1.82, 2.24) is 14.9 Å². The molecule has 0 saturated carbocycles. The van der Waals surface area contributed by atoms with E-state index in [2.05, 4.69) is 32.9 Å². The first kappa shape index (κ1) is 14.4. The molecule has 1 saturated heterocycles. The number of ketones is 2. The number of aromatic nitrogens is 2. The van der Waals surface area contributed by atoms with Crippen molar-refractivity contribution in [2.75, 3.05) is 38.1 Å². The van der Waals surface area contributed by atoms with Crippen molar-refractivity contribution >= 4 is 23.1 Å². The maximum atomic E-state index is 12.4. The molecule has 0 unspecified atom stereocenters. The lowest BCUT2D eigenvalue weighted by Crippen LogP contribution is -2.45. The average molecular weight is 312 g/mol. The van der Waals surface area contributed by atoms with Gasteiger partial charge in [0.1, 0.15) is 11.4 Å². The summed E-state index contributed by atoms with van der Waals surface area (Å²) in [6, 6.07) is 0. The molecule has 0 spiro atoms. The Kier molecular flexibility index (Phi) is 3.41. The van der Waals surface area contributed by atoms with Crippen LogP contribution in [0.1, 0.15) is 35.4 Å². The Morgan fingerprint density at radius 1 is 1.00 bits per heavy atom. The molecule has 1 N–H and O–H groups in total. The van der Waals surface area contributed by atoms with Gasteiger partial charge in [0.25, 0.3) is 5.78 Å². The van der Waals surface area contributed by atoms with Crippen LogP contribution in [0.25, 0.3) is 5.57 Å². The SMILES string of the molecule is CN1CCN(c2nc3c([nH]2)C(=O)C(=O)C2=CCCCC=C23)CC1. The van der Waals surface area contributed by atoms with Gasteiger partial charge in [-0.25, -0.2) is 4.98 Å². The van der Waals surface area contributed by atoms with Crippen LogP contribution in [0.4, 0.5) is 5.95 Å². The lowest BCUT2D eigenvalue weighted by atomic mass is 9.88. The number of carbonyl (C=O) groups is 2. The fourth-order valence-electron chi connectivity index (χ4n) is 3.39. The smallest absolute Gasteiger partial charge is 0.251 e. The zero-order valence-corrected chi connectivity index (χ0v) is 13.3. The molecule has 1 aromatic rings. The Bertz CT molecular complexity index is 736. The molecular formula is C17H20N4O2. The summed E-state index contributed by atoms with van der Waals surface area (Å²) in [5.74, 6) is -0.159. The third-order valence-corrected chi connectivity index (χ3v) is 4.82. The number of aromatic amines is 1. The summed E-state index contributed by atoms with van der Waals surface area (Å²) in [7, 11) is 2.10. The van der Waals surface area contributed by atoms with Crippen LogP contribution in [0.15, 0.2) is 17.7 Å². The van der Waals surface area contributed by atoms with Crippen molar-refractivity contribution in [2.45, 2.75) is 19.3 Å². The van der Waals surface area contributed by atoms with Gasteiger partial charge in [0, 0.05) is 37.3 Å². The summed E-state index contributed by atoms with van der Waals surface area (Å²) in [4.78, 5) is 37.0. The summed E-state index contributed by atoms with van der Waals surface area (Å²) in [6.07, 6.45) is 6.69. The van der Waals surface area contributed by atoms with Gasteiger partial charge in [-0.2, -0.15) is 0 Å². The number of fused-ring (bicyclic) bond motifs is 3. The summed E-state index contributed by atoms with van der Waals surface area (Å²) in [5.41, 5.74) is 2.38. The highest BCUT2D eigenvalue weighted by Crippen LogP contribution is 2.35. The second-order valence-electron chi connectivity index (χ2n) is 6.40. The lowest BCUT2D eigenvalue weighted by molar-refractivity contribution is -0.111. The van der Waals surface area contributed by atoms with Crippen LogP contribution in [-0.2, 0) is 4.79 Å². The van der Waals surface area contributed by atoms with Crippen LogP contribution in [0.3, 0.4) is 0 Å². The van der Waals surface area contributed by atoms with Crippen molar-refractivity contribution < 1.29 is 9.59 Å². The molecule has 120 valence electrons. The van der Waals surface area contributed by atoms with Crippen molar-refractivity contribution in [2.24, 2.45) is 0 Å². The van der Waals surface area contributed by atoms with Crippen LogP contribution in [0.2, 0.25) is 0 Å². The van der Waals surface area contributed by atoms with Gasteiger partial charge in [-0.3, -0.25) is 9.59 Å². The number of nitrogens with one attached hydrogen (secondary N) is 1. The number of hydrogen-bond donors (Lipinski definition) is 1. The first-order valence-electron chi connectivity index (χ1n) is 8.19. The topological polar surface area (TPSA) is 69.3 Å². The number of carbonyl (C=O) groups excluding carboxylic acids is 2. The normalized spacial score (nSPS) is 22.2. The number of allylic oxidation sites excluding steroid dienone is 4. The molecule has 1 aromatic heterocycles. The van der Waals surface area contributed by atoms with Crippen molar-refractivity contribution in [1.29, 1.82) is 0 Å². The zero-order chi connectivity index (χ0) is 16.0. The number of piperazine rings is 1. The van der Waals surface area contributed by atoms with Gasteiger partial charge in [-0.1, -0.05) is 12.2 Å². The molecule has 23 heavy (non-hydrogen) atoms. The predicted octanol–water partition coefficient (Wildman–Crippen LogP) is 1.42. The van der Waals surface area contributed by atoms with Gasteiger partial charge >= 0.3 is 0 Å². The van der Waals surface area contributed by atoms with Gasteiger partial charge in [-0.05, 0) is 26.3 Å². The quantitative estimate of drug-likeness (QED) is 0.794. The summed E-state index contributed by atoms with van der Waals surface area (Å²) >= 11 is 0. The molecule has 1 aliphatic heterocycles. The van der Waals surface area contributed by atoms with E-state index in [1.807, 2.05) is 6.08 Å². The van der Waals surface area contributed by atoms with Crippen LogP contribution < -0.4 is 4.90 Å². The minimum Gasteiger partial charge on any atom is -0.340 e. The molecular weight excluding hydrogens is 292 g/mol. The van der Waals surface area contributed by atoms with Gasteiger partial charge in [0.2, 0.25) is 11.7 Å². The first-order valence-corrected chi connectivity index (χ1v) is 8.19. The fraction of sp³-hybridized carbons (Fsp3) is 0.471. The standard InChI is InChI=1S/C17H20N4O2/c1-20-7-9-21(10-8-20)17-18-13-11-5-3-2-4-6-12(11)15(22)16(23)14(13)19-17/h5-6H,2-4,7-10H2,1H3,(H,18,19). The van der Waals surface area contributed by atoms with Crippen molar-refractivity contribution in [3.8, 4) is 0 Å². The molecule has 0 radical (unpaired) electrons. The number of anilines is 1. The van der Waals surface area contributed by atoms with E-state index in [4.69, 9.17) is 0 Å². The van der Waals surface area contributed by atoms with Crippen LogP contribution in [0, 0.1) is 0 Å². The van der Waals surface area contributed by atoms with E-state index in [9.17, 15) is 9.59 Å². The number of H-pyrrole nitrogens is 1. The molecule has 3 aliphatic rings. The molecule has 0 atom stereocenters. The van der Waals surface area contributed by atoms with E-state index >= 15 is 0 Å². The van der Waals surface area contributed by atoms with Crippen LogP contribution >= 0.6 is 0 Å². The Morgan fingerprint density at radius 3 is 2.43 bits per heavy atom. The second-order valence-corrected chi connectivity index (χ2v) is 6.40. The fourth-order valence-corrected chi connectivity index (χ4v) is 3.39. The number of likely N-dealkylation sites (N-methyl/N-ethyl adjacent to an activating group) is 1.